The van der Waals surface area contributed by atoms with Crippen LogP contribution in [0, 0.1) is 6.92 Å². The Hall–Kier alpha value is -2.50. The molecule has 0 fully saturated rings. The van der Waals surface area contributed by atoms with Crippen LogP contribution in [-0.2, 0) is 33.9 Å². The summed E-state index contributed by atoms with van der Waals surface area (Å²) in [5.41, 5.74) is 0.901. The number of nitrogens with zero attached hydrogens (tertiary/aromatic N) is 1. The number of benzene rings is 1. The maximum atomic E-state index is 12.8. The number of rotatable bonds is 11. The fourth-order valence-electron chi connectivity index (χ4n) is 2.06. The van der Waals surface area contributed by atoms with E-state index in [-0.39, 0.29) is 31.1 Å². The van der Waals surface area contributed by atoms with E-state index in [0.29, 0.717) is 0 Å². The number of nitrogens with one attached hydrogen (secondary N) is 2. The number of carbonyl (C=O) groups is 3. The lowest BCUT2D eigenvalue weighted by Gasteiger charge is -2.21. The SMILES string of the molecule is COC(=O)CNC(=O)CNCCN(CC(=O)OC)S(=O)(=O)c1ccc(C)cc1. The van der Waals surface area contributed by atoms with Gasteiger partial charge >= 0.3 is 11.9 Å². The Morgan fingerprint density at radius 3 is 2.18 bits per heavy atom. The standard InChI is InChI=1S/C17H25N3O7S/c1-13-4-6-14(7-5-13)28(24,25)20(12-17(23)27-3)9-8-18-10-15(21)19-11-16(22)26-2/h4-7,18H,8-12H2,1-3H3,(H,19,21). The van der Waals surface area contributed by atoms with Gasteiger partial charge < -0.3 is 20.1 Å². The third-order valence-electron chi connectivity index (χ3n) is 3.67. The van der Waals surface area contributed by atoms with Crippen LogP contribution in [0.1, 0.15) is 5.56 Å². The summed E-state index contributed by atoms with van der Waals surface area (Å²) in [6.45, 7) is 1.03. The third-order valence-corrected chi connectivity index (χ3v) is 5.53. The first-order valence-electron chi connectivity index (χ1n) is 8.38. The molecule has 11 heteroatoms. The Morgan fingerprint density at radius 1 is 1.00 bits per heavy atom. The zero-order chi connectivity index (χ0) is 21.2. The van der Waals surface area contributed by atoms with Gasteiger partial charge in [-0.2, -0.15) is 4.31 Å². The van der Waals surface area contributed by atoms with Crippen molar-refractivity contribution in [1.29, 1.82) is 0 Å². The van der Waals surface area contributed by atoms with Crippen molar-refractivity contribution < 1.29 is 32.3 Å². The molecule has 0 spiro atoms. The monoisotopic (exact) mass is 415 g/mol. The fourth-order valence-corrected chi connectivity index (χ4v) is 3.45. The van der Waals surface area contributed by atoms with Crippen LogP contribution in [-0.4, -0.2) is 77.5 Å². The van der Waals surface area contributed by atoms with Crippen molar-refractivity contribution in [3.05, 3.63) is 29.8 Å². The molecule has 1 rings (SSSR count). The Balaban J connectivity index is 2.67. The van der Waals surface area contributed by atoms with E-state index in [2.05, 4.69) is 20.1 Å². The zero-order valence-corrected chi connectivity index (χ0v) is 16.9. The molecule has 0 saturated heterocycles. The second-order valence-corrected chi connectivity index (χ2v) is 7.70. The normalized spacial score (nSPS) is 11.1. The van der Waals surface area contributed by atoms with Crippen LogP contribution in [0.2, 0.25) is 0 Å². The summed E-state index contributed by atoms with van der Waals surface area (Å²) in [7, 11) is -1.54. The van der Waals surface area contributed by atoms with Crippen LogP contribution in [0.25, 0.3) is 0 Å². The molecule has 0 radical (unpaired) electrons. The molecule has 1 aromatic rings. The number of amides is 1. The number of sulfonamides is 1. The summed E-state index contributed by atoms with van der Waals surface area (Å²) in [6.07, 6.45) is 0. The van der Waals surface area contributed by atoms with Crippen LogP contribution in [0.4, 0.5) is 0 Å². The highest BCUT2D eigenvalue weighted by Crippen LogP contribution is 2.16. The molecule has 0 heterocycles. The molecule has 0 unspecified atom stereocenters. The molecule has 0 aliphatic rings. The van der Waals surface area contributed by atoms with Gasteiger partial charge in [0.2, 0.25) is 15.9 Å². The highest BCUT2D eigenvalue weighted by molar-refractivity contribution is 7.89. The minimum Gasteiger partial charge on any atom is -0.468 e. The van der Waals surface area contributed by atoms with Gasteiger partial charge in [-0.25, -0.2) is 8.42 Å². The minimum atomic E-state index is -3.92. The number of esters is 2. The molecule has 28 heavy (non-hydrogen) atoms. The largest absolute Gasteiger partial charge is 0.468 e. The zero-order valence-electron chi connectivity index (χ0n) is 16.1. The lowest BCUT2D eigenvalue weighted by atomic mass is 10.2. The molecule has 0 aliphatic carbocycles. The molecule has 0 aliphatic heterocycles. The Kier molecular flexibility index (Phi) is 9.56. The number of carbonyl (C=O) groups excluding carboxylic acids is 3. The van der Waals surface area contributed by atoms with E-state index in [9.17, 15) is 22.8 Å². The van der Waals surface area contributed by atoms with Gasteiger partial charge in [0.25, 0.3) is 0 Å². The highest BCUT2D eigenvalue weighted by atomic mass is 32.2. The minimum absolute atomic E-state index is 0.0535. The van der Waals surface area contributed by atoms with Crippen LogP contribution < -0.4 is 10.6 Å². The molecule has 0 saturated carbocycles. The van der Waals surface area contributed by atoms with Crippen molar-refractivity contribution in [2.24, 2.45) is 0 Å². The van der Waals surface area contributed by atoms with Gasteiger partial charge in [0.1, 0.15) is 13.1 Å². The molecule has 1 amide bonds. The first kappa shape index (κ1) is 23.5. The van der Waals surface area contributed by atoms with Crippen LogP contribution in [0.5, 0.6) is 0 Å². The van der Waals surface area contributed by atoms with Crippen molar-refractivity contribution in [2.45, 2.75) is 11.8 Å². The predicted octanol–water partition coefficient (Wildman–Crippen LogP) is -0.962. The second kappa shape index (κ2) is 11.4. The van der Waals surface area contributed by atoms with E-state index in [4.69, 9.17) is 0 Å². The summed E-state index contributed by atoms with van der Waals surface area (Å²) in [5.74, 6) is -1.74. The van der Waals surface area contributed by atoms with Gasteiger partial charge in [0, 0.05) is 13.1 Å². The molecule has 10 nitrogen and oxygen atoms in total. The Labute approximate surface area is 164 Å². The quantitative estimate of drug-likeness (QED) is 0.349. The van der Waals surface area contributed by atoms with Crippen LogP contribution in [0.3, 0.4) is 0 Å². The maximum Gasteiger partial charge on any atom is 0.325 e. The third kappa shape index (κ3) is 7.62. The van der Waals surface area contributed by atoms with Crippen molar-refractivity contribution in [1.82, 2.24) is 14.9 Å². The highest BCUT2D eigenvalue weighted by Gasteiger charge is 2.26. The Bertz CT molecular complexity index is 778. The predicted molar refractivity (Wildman–Crippen MR) is 99.8 cm³/mol. The average molecular weight is 415 g/mol. The van der Waals surface area contributed by atoms with Gasteiger partial charge in [-0.05, 0) is 19.1 Å². The van der Waals surface area contributed by atoms with E-state index in [1.54, 1.807) is 12.1 Å². The topological polar surface area (TPSA) is 131 Å². The van der Waals surface area contributed by atoms with Crippen molar-refractivity contribution in [3.8, 4) is 0 Å². The molecule has 2 N–H and O–H groups in total. The molecule has 1 aromatic carbocycles. The van der Waals surface area contributed by atoms with Crippen molar-refractivity contribution in [2.75, 3.05) is 46.9 Å². The van der Waals surface area contributed by atoms with E-state index in [1.807, 2.05) is 6.92 Å². The lowest BCUT2D eigenvalue weighted by Crippen LogP contribution is -2.43. The van der Waals surface area contributed by atoms with E-state index < -0.39 is 34.4 Å². The van der Waals surface area contributed by atoms with E-state index in [0.717, 1.165) is 9.87 Å². The molecule has 0 atom stereocenters. The van der Waals surface area contributed by atoms with Gasteiger partial charge in [-0.15, -0.1) is 0 Å². The summed E-state index contributed by atoms with van der Waals surface area (Å²) < 4.78 is 35.5. The maximum absolute atomic E-state index is 12.8. The number of aryl methyl sites for hydroxylation is 1. The molecule has 0 bridgehead atoms. The number of hydrogen-bond donors (Lipinski definition) is 2. The summed E-state index contributed by atoms with van der Waals surface area (Å²) >= 11 is 0. The van der Waals surface area contributed by atoms with Crippen molar-refractivity contribution in [3.63, 3.8) is 0 Å². The summed E-state index contributed by atoms with van der Waals surface area (Å²) in [5, 5.41) is 5.10. The van der Waals surface area contributed by atoms with Gasteiger partial charge in [0.15, 0.2) is 0 Å². The summed E-state index contributed by atoms with van der Waals surface area (Å²) in [6, 6.07) is 6.24. The van der Waals surface area contributed by atoms with Crippen LogP contribution >= 0.6 is 0 Å². The fraction of sp³-hybridized carbons (Fsp3) is 0.471. The molecule has 0 aromatic heterocycles. The lowest BCUT2D eigenvalue weighted by molar-refractivity contribution is -0.141. The average Bonchev–Trinajstić information content (AvgIpc) is 2.68. The van der Waals surface area contributed by atoms with Gasteiger partial charge in [0.05, 0.1) is 25.7 Å². The van der Waals surface area contributed by atoms with Crippen LogP contribution in [0.15, 0.2) is 29.2 Å². The number of hydrogen-bond acceptors (Lipinski definition) is 8. The van der Waals surface area contributed by atoms with E-state index in [1.165, 1.54) is 26.4 Å². The summed E-state index contributed by atoms with van der Waals surface area (Å²) in [4.78, 5) is 34.2. The second-order valence-electron chi connectivity index (χ2n) is 5.76. The number of methoxy groups -OCH3 is 2. The molecule has 156 valence electrons. The smallest absolute Gasteiger partial charge is 0.325 e. The van der Waals surface area contributed by atoms with E-state index >= 15 is 0 Å². The number of ether oxygens (including phenoxy) is 2. The van der Waals surface area contributed by atoms with Gasteiger partial charge in [-0.3, -0.25) is 14.4 Å². The first-order valence-corrected chi connectivity index (χ1v) is 9.82. The molecular weight excluding hydrogens is 390 g/mol. The first-order chi connectivity index (χ1) is 13.2. The Morgan fingerprint density at radius 2 is 1.61 bits per heavy atom. The van der Waals surface area contributed by atoms with Gasteiger partial charge in [-0.1, -0.05) is 17.7 Å². The molecular formula is C17H25N3O7S. The van der Waals surface area contributed by atoms with Crippen molar-refractivity contribution >= 4 is 27.9 Å².